The van der Waals surface area contributed by atoms with Crippen LogP contribution in [-0.2, 0) is 4.79 Å². The SMILES string of the molecule is CCNC(=O)NC(=O)C(C)Oc1ccc([C@@H](O)CC)cc1. The third-order valence-electron chi connectivity index (χ3n) is 2.91. The van der Waals surface area contributed by atoms with Crippen LogP contribution in [0, 0.1) is 0 Å². The standard InChI is InChI=1S/C15H22N2O4/c1-4-13(18)11-6-8-12(9-7-11)21-10(3)14(19)17-15(20)16-5-2/h6-10,13,18H,4-5H2,1-3H3,(H2,16,17,19,20)/t10?,13-/m0/s1. The monoisotopic (exact) mass is 294 g/mol. The van der Waals surface area contributed by atoms with E-state index in [1.54, 1.807) is 38.1 Å². The van der Waals surface area contributed by atoms with Gasteiger partial charge in [0.05, 0.1) is 6.10 Å². The van der Waals surface area contributed by atoms with Crippen molar-refractivity contribution in [2.45, 2.75) is 39.4 Å². The molecule has 0 spiro atoms. The highest BCUT2D eigenvalue weighted by Gasteiger charge is 2.17. The molecule has 0 aliphatic heterocycles. The van der Waals surface area contributed by atoms with Crippen molar-refractivity contribution in [1.82, 2.24) is 10.6 Å². The fraction of sp³-hybridized carbons (Fsp3) is 0.467. The van der Waals surface area contributed by atoms with Crippen LogP contribution in [0.4, 0.5) is 4.79 Å². The van der Waals surface area contributed by atoms with Gasteiger partial charge in [0.15, 0.2) is 6.10 Å². The summed E-state index contributed by atoms with van der Waals surface area (Å²) in [5, 5.41) is 14.3. The third-order valence-corrected chi connectivity index (χ3v) is 2.91. The molecule has 0 saturated carbocycles. The second kappa shape index (κ2) is 8.26. The summed E-state index contributed by atoms with van der Waals surface area (Å²) in [5.74, 6) is -0.0146. The fourth-order valence-corrected chi connectivity index (χ4v) is 1.68. The molecular formula is C15H22N2O4. The Morgan fingerprint density at radius 3 is 2.38 bits per heavy atom. The van der Waals surface area contributed by atoms with Gasteiger partial charge in [0.1, 0.15) is 5.75 Å². The molecule has 6 nitrogen and oxygen atoms in total. The topological polar surface area (TPSA) is 87.7 Å². The van der Waals surface area contributed by atoms with Crippen molar-refractivity contribution in [3.05, 3.63) is 29.8 Å². The first-order valence-corrected chi connectivity index (χ1v) is 7.01. The van der Waals surface area contributed by atoms with Crippen LogP contribution in [0.3, 0.4) is 0 Å². The summed E-state index contributed by atoms with van der Waals surface area (Å²) in [6, 6.07) is 6.32. The van der Waals surface area contributed by atoms with Crippen molar-refractivity contribution < 1.29 is 19.4 Å². The van der Waals surface area contributed by atoms with Crippen LogP contribution in [0.5, 0.6) is 5.75 Å². The summed E-state index contributed by atoms with van der Waals surface area (Å²) < 4.78 is 5.45. The van der Waals surface area contributed by atoms with E-state index in [4.69, 9.17) is 4.74 Å². The lowest BCUT2D eigenvalue weighted by Crippen LogP contribution is -2.45. The van der Waals surface area contributed by atoms with Crippen LogP contribution in [0.15, 0.2) is 24.3 Å². The number of nitrogens with one attached hydrogen (secondary N) is 2. The van der Waals surface area contributed by atoms with E-state index in [1.165, 1.54) is 0 Å². The average Bonchev–Trinajstić information content (AvgIpc) is 2.47. The van der Waals surface area contributed by atoms with Crippen LogP contribution in [0.25, 0.3) is 0 Å². The van der Waals surface area contributed by atoms with Crippen molar-refractivity contribution in [3.8, 4) is 5.75 Å². The normalized spacial score (nSPS) is 13.1. The van der Waals surface area contributed by atoms with Gasteiger partial charge in [-0.15, -0.1) is 0 Å². The number of amides is 3. The van der Waals surface area contributed by atoms with E-state index in [0.717, 1.165) is 5.56 Å². The zero-order valence-corrected chi connectivity index (χ0v) is 12.6. The zero-order chi connectivity index (χ0) is 15.8. The number of urea groups is 1. The highest BCUT2D eigenvalue weighted by atomic mass is 16.5. The summed E-state index contributed by atoms with van der Waals surface area (Å²) in [6.07, 6.45) is -0.669. The van der Waals surface area contributed by atoms with Crippen molar-refractivity contribution in [2.75, 3.05) is 6.54 Å². The number of rotatable bonds is 6. The predicted molar refractivity (Wildman–Crippen MR) is 79.0 cm³/mol. The first-order valence-electron chi connectivity index (χ1n) is 7.01. The molecule has 0 aromatic heterocycles. The minimum Gasteiger partial charge on any atom is -0.481 e. The highest BCUT2D eigenvalue weighted by molar-refractivity contribution is 5.96. The van der Waals surface area contributed by atoms with E-state index in [-0.39, 0.29) is 0 Å². The second-order valence-corrected chi connectivity index (χ2v) is 4.60. The summed E-state index contributed by atoms with van der Waals surface area (Å²) in [5.41, 5.74) is 0.796. The van der Waals surface area contributed by atoms with Crippen LogP contribution < -0.4 is 15.4 Å². The molecular weight excluding hydrogens is 272 g/mol. The molecule has 0 saturated heterocycles. The number of ether oxygens (including phenoxy) is 1. The van der Waals surface area contributed by atoms with Crippen molar-refractivity contribution in [2.24, 2.45) is 0 Å². The molecule has 0 heterocycles. The number of imide groups is 1. The first-order chi connectivity index (χ1) is 9.97. The number of carbonyl (C=O) groups excluding carboxylic acids is 2. The van der Waals surface area contributed by atoms with Crippen molar-refractivity contribution in [3.63, 3.8) is 0 Å². The van der Waals surface area contributed by atoms with Crippen LogP contribution in [0.1, 0.15) is 38.9 Å². The minimum absolute atomic E-state index is 0.440. The Morgan fingerprint density at radius 2 is 1.86 bits per heavy atom. The van der Waals surface area contributed by atoms with E-state index in [2.05, 4.69) is 10.6 Å². The molecule has 0 bridgehead atoms. The van der Waals surface area contributed by atoms with E-state index in [9.17, 15) is 14.7 Å². The lowest BCUT2D eigenvalue weighted by Gasteiger charge is -2.15. The number of aliphatic hydroxyl groups is 1. The van der Waals surface area contributed by atoms with Crippen molar-refractivity contribution in [1.29, 1.82) is 0 Å². The summed E-state index contributed by atoms with van der Waals surface area (Å²) in [6.45, 7) is 5.65. The second-order valence-electron chi connectivity index (χ2n) is 4.60. The summed E-state index contributed by atoms with van der Waals surface area (Å²) in [7, 11) is 0. The van der Waals surface area contributed by atoms with Gasteiger partial charge in [-0.2, -0.15) is 0 Å². The van der Waals surface area contributed by atoms with Gasteiger partial charge in [-0.3, -0.25) is 10.1 Å². The van der Waals surface area contributed by atoms with E-state index >= 15 is 0 Å². The number of carbonyl (C=O) groups is 2. The molecule has 0 aliphatic rings. The van der Waals surface area contributed by atoms with Gasteiger partial charge in [0.2, 0.25) is 0 Å². The van der Waals surface area contributed by atoms with Crippen LogP contribution in [0.2, 0.25) is 0 Å². The van der Waals surface area contributed by atoms with Gasteiger partial charge in [-0.05, 0) is 38.0 Å². The van der Waals surface area contributed by atoms with E-state index < -0.39 is 24.1 Å². The fourth-order valence-electron chi connectivity index (χ4n) is 1.68. The smallest absolute Gasteiger partial charge is 0.321 e. The lowest BCUT2D eigenvalue weighted by molar-refractivity contribution is -0.126. The molecule has 21 heavy (non-hydrogen) atoms. The Bertz CT molecular complexity index is 473. The number of benzene rings is 1. The molecule has 1 rings (SSSR count). The third kappa shape index (κ3) is 5.43. The van der Waals surface area contributed by atoms with E-state index in [1.807, 2.05) is 6.92 Å². The molecule has 2 atom stereocenters. The van der Waals surface area contributed by atoms with Gasteiger partial charge >= 0.3 is 6.03 Å². The maximum Gasteiger partial charge on any atom is 0.321 e. The maximum atomic E-state index is 11.7. The first kappa shape index (κ1) is 17.0. The molecule has 116 valence electrons. The molecule has 0 aliphatic carbocycles. The summed E-state index contributed by atoms with van der Waals surface area (Å²) >= 11 is 0. The molecule has 0 fully saturated rings. The Labute approximate surface area is 124 Å². The number of hydrogen-bond acceptors (Lipinski definition) is 4. The highest BCUT2D eigenvalue weighted by Crippen LogP contribution is 2.20. The van der Waals surface area contributed by atoms with Gasteiger partial charge in [0, 0.05) is 6.54 Å². The minimum atomic E-state index is -0.797. The molecule has 0 radical (unpaired) electrons. The largest absolute Gasteiger partial charge is 0.481 e. The average molecular weight is 294 g/mol. The Hall–Kier alpha value is -2.08. The summed E-state index contributed by atoms with van der Waals surface area (Å²) in [4.78, 5) is 23.0. The van der Waals surface area contributed by atoms with Crippen LogP contribution >= 0.6 is 0 Å². The van der Waals surface area contributed by atoms with Crippen LogP contribution in [-0.4, -0.2) is 29.7 Å². The zero-order valence-electron chi connectivity index (χ0n) is 12.6. The van der Waals surface area contributed by atoms with Gasteiger partial charge < -0.3 is 15.2 Å². The Morgan fingerprint density at radius 1 is 1.24 bits per heavy atom. The predicted octanol–water partition coefficient (Wildman–Crippen LogP) is 1.74. The molecule has 1 aromatic rings. The quantitative estimate of drug-likeness (QED) is 0.746. The number of hydrogen-bond donors (Lipinski definition) is 3. The molecule has 6 heteroatoms. The Kier molecular flexibility index (Phi) is 6.68. The molecule has 3 N–H and O–H groups in total. The van der Waals surface area contributed by atoms with Gasteiger partial charge in [-0.25, -0.2) is 4.79 Å². The van der Waals surface area contributed by atoms with Gasteiger partial charge in [-0.1, -0.05) is 19.1 Å². The number of aliphatic hydroxyl groups excluding tert-OH is 1. The molecule has 1 unspecified atom stereocenters. The lowest BCUT2D eigenvalue weighted by atomic mass is 10.1. The van der Waals surface area contributed by atoms with Gasteiger partial charge in [0.25, 0.3) is 5.91 Å². The molecule has 1 aromatic carbocycles. The molecule has 3 amide bonds. The van der Waals surface area contributed by atoms with E-state index in [0.29, 0.717) is 18.7 Å². The van der Waals surface area contributed by atoms with Crippen molar-refractivity contribution >= 4 is 11.9 Å². The Balaban J connectivity index is 2.56. The maximum absolute atomic E-state index is 11.7.